The van der Waals surface area contributed by atoms with Gasteiger partial charge in [0.05, 0.1) is 0 Å². The second kappa shape index (κ2) is 36.7. The average molecular weight is 387 g/mol. The van der Waals surface area contributed by atoms with Gasteiger partial charge in [0.2, 0.25) is 0 Å². The van der Waals surface area contributed by atoms with Crippen molar-refractivity contribution in [1.82, 2.24) is 0 Å². The zero-order valence-corrected chi connectivity index (χ0v) is 15.8. The summed E-state index contributed by atoms with van der Waals surface area (Å²) < 4.78 is 0. The van der Waals surface area contributed by atoms with Gasteiger partial charge in [0.1, 0.15) is 0 Å². The molecule has 0 radical (unpaired) electrons. The Kier molecular flexibility index (Phi) is 57.2. The Morgan fingerprint density at radius 3 is 1.14 bits per heavy atom. The van der Waals surface area contributed by atoms with Crippen molar-refractivity contribution in [2.24, 2.45) is 0 Å². The molecule has 0 heterocycles. The molecular weight excluding hydrogens is 357 g/mol. The van der Waals surface area contributed by atoms with Crippen molar-refractivity contribution in [3.05, 3.63) is 21.3 Å². The van der Waals surface area contributed by atoms with Gasteiger partial charge in [-0.15, -0.1) is 13.8 Å². The van der Waals surface area contributed by atoms with Crippen molar-refractivity contribution in [2.45, 2.75) is 52.9 Å². The van der Waals surface area contributed by atoms with Gasteiger partial charge < -0.3 is 30.9 Å². The molecule has 7 heteroatoms. The van der Waals surface area contributed by atoms with E-state index in [1.54, 1.807) is 14.1 Å². The minimum Gasteiger partial charge on any atom is -0.681 e. The van der Waals surface area contributed by atoms with Crippen molar-refractivity contribution < 1.29 is 29.1 Å². The average Bonchev–Trinajstić information content (AvgIpc) is 2.54. The Morgan fingerprint density at radius 1 is 0.762 bits per heavy atom. The normalized spacial score (nSPS) is 11.0. The van der Waals surface area contributed by atoms with Gasteiger partial charge in [0.15, 0.2) is 0 Å². The van der Waals surface area contributed by atoms with Gasteiger partial charge in [0.25, 0.3) is 0 Å². The van der Waals surface area contributed by atoms with Gasteiger partial charge in [-0.25, -0.2) is 12.3 Å². The molecule has 0 aliphatic rings. The van der Waals surface area contributed by atoms with Gasteiger partial charge in [-0.2, -0.15) is 27.2 Å². The molecule has 0 saturated heterocycles. The van der Waals surface area contributed by atoms with E-state index in [-0.39, 0.29) is 31.8 Å². The van der Waals surface area contributed by atoms with Gasteiger partial charge in [0, 0.05) is 0 Å². The predicted octanol–water partition coefficient (Wildman–Crippen LogP) is 3.69. The first kappa shape index (κ1) is 32.7. The third-order valence-electron chi connectivity index (χ3n) is 1.98. The third-order valence-corrected chi connectivity index (χ3v) is 1.98. The first-order chi connectivity index (χ1) is 9.62. The summed E-state index contributed by atoms with van der Waals surface area (Å²) in [5.41, 5.74) is 0. The third kappa shape index (κ3) is 45.1. The summed E-state index contributed by atoms with van der Waals surface area (Å²) in [4.78, 5) is 15.5. The van der Waals surface area contributed by atoms with E-state index < -0.39 is 0 Å². The summed E-state index contributed by atoms with van der Waals surface area (Å²) in [7, 11) is 3.59. The monoisotopic (exact) mass is 388 g/mol. The Bertz CT molecular complexity index is 141. The van der Waals surface area contributed by atoms with Crippen molar-refractivity contribution in [1.29, 1.82) is 0 Å². The summed E-state index contributed by atoms with van der Waals surface area (Å²) in [5.74, 6) is 0. The molecule has 0 fully saturated rings. The largest absolute Gasteiger partial charge is 6.00 e. The van der Waals surface area contributed by atoms with Crippen LogP contribution in [0.1, 0.15) is 40.5 Å². The first-order valence-corrected chi connectivity index (χ1v) is 6.60. The minimum atomic E-state index is 0. The van der Waals surface area contributed by atoms with E-state index in [9.17, 15) is 0 Å². The van der Waals surface area contributed by atoms with Crippen LogP contribution < -0.4 is 0 Å². The van der Waals surface area contributed by atoms with E-state index in [2.05, 4.69) is 48.7 Å². The van der Waals surface area contributed by atoms with Crippen LogP contribution in [0.4, 0.5) is 0 Å². The van der Waals surface area contributed by atoms with Gasteiger partial charge >= 0.3 is 19.5 Å². The van der Waals surface area contributed by atoms with E-state index in [0.29, 0.717) is 0 Å². The molecule has 0 aromatic rings. The molecule has 0 N–H and O–H groups in total. The number of hydrogen-bond acceptors (Lipinski definition) is 2. The van der Waals surface area contributed by atoms with Crippen LogP contribution in [0.25, 0.3) is 21.3 Å². The maximum absolute atomic E-state index is 7.75. The molecule has 0 spiro atoms. The topological polar surface area (TPSA) is 90.5 Å². The summed E-state index contributed by atoms with van der Waals surface area (Å²) in [5, 5.41) is 16.3. The molecule has 2 unspecified atom stereocenters. The molecule has 0 aliphatic heterocycles. The van der Waals surface area contributed by atoms with Crippen molar-refractivity contribution in [3.8, 4) is 0 Å². The molecule has 0 saturated carbocycles. The van der Waals surface area contributed by atoms with Crippen LogP contribution in [-0.4, -0.2) is 53.1 Å². The summed E-state index contributed by atoms with van der Waals surface area (Å²) >= 11 is 0. The van der Waals surface area contributed by atoms with E-state index in [1.165, 1.54) is 0 Å². The Hall–Kier alpha value is -0.197. The number of nitrogens with zero attached hydrogens (tertiary/aromatic N) is 4. The maximum Gasteiger partial charge on any atom is 6.00 e. The van der Waals surface area contributed by atoms with Crippen LogP contribution in [0.2, 0.25) is 0 Å². The van der Waals surface area contributed by atoms with Gasteiger partial charge in [-0.3, -0.25) is 13.6 Å². The van der Waals surface area contributed by atoms with Crippen LogP contribution in [-0.2, 0) is 29.1 Å². The fourth-order valence-electron chi connectivity index (χ4n) is 0.795. The van der Waals surface area contributed by atoms with Crippen LogP contribution in [0.3, 0.4) is 0 Å². The van der Waals surface area contributed by atoms with Crippen molar-refractivity contribution in [2.75, 3.05) is 27.2 Å². The van der Waals surface area contributed by atoms with Crippen LogP contribution in [0.5, 0.6) is 0 Å². The summed E-state index contributed by atoms with van der Waals surface area (Å²) in [6, 6.07) is 0. The van der Waals surface area contributed by atoms with Crippen molar-refractivity contribution in [3.63, 3.8) is 0 Å². The van der Waals surface area contributed by atoms with Gasteiger partial charge in [-0.05, 0) is 0 Å². The standard InChI is InChI=1S/2C6H14N2.2CHO.Ru/c2*1-4-5-8-6(2)7-3;2*1-2;/h2*6H,4-5H2,1-3H3;2*1H;/q2*-2;2*-1;+6. The Labute approximate surface area is 144 Å². The van der Waals surface area contributed by atoms with Crippen LogP contribution in [0, 0.1) is 0 Å². The Morgan fingerprint density at radius 2 is 1.00 bits per heavy atom. The van der Waals surface area contributed by atoms with E-state index in [1.807, 2.05) is 13.8 Å². The fourth-order valence-corrected chi connectivity index (χ4v) is 0.795. The molecule has 0 bridgehead atoms. The first-order valence-electron chi connectivity index (χ1n) is 6.60. The second-order valence-electron chi connectivity index (χ2n) is 3.59. The van der Waals surface area contributed by atoms with Gasteiger partial charge in [-0.1, -0.05) is 26.7 Å². The quantitative estimate of drug-likeness (QED) is 0.361. The number of carbonyl (C=O) groups excluding carboxylic acids is 2. The number of hydrogen-bond donors (Lipinski definition) is 0. The molecule has 0 aliphatic carbocycles. The molecule has 0 aromatic heterocycles. The molecule has 6 nitrogen and oxygen atoms in total. The summed E-state index contributed by atoms with van der Waals surface area (Å²) in [6.07, 6.45) is 2.66. The molecule has 2 atom stereocenters. The predicted molar refractivity (Wildman–Crippen MR) is 88.0 cm³/mol. The van der Waals surface area contributed by atoms with E-state index >= 15 is 0 Å². The molecular formula is C14H30N4O2Ru. The molecule has 0 amide bonds. The zero-order chi connectivity index (χ0) is 16.8. The second-order valence-corrected chi connectivity index (χ2v) is 3.59. The fraction of sp³-hybridized carbons (Fsp3) is 0.857. The molecule has 126 valence electrons. The summed E-state index contributed by atoms with van der Waals surface area (Å²) in [6.45, 7) is 16.6. The molecule has 0 aromatic carbocycles. The zero-order valence-electron chi connectivity index (χ0n) is 14.1. The smallest absolute Gasteiger partial charge is 0.681 e. The van der Waals surface area contributed by atoms with E-state index in [4.69, 9.17) is 9.59 Å². The maximum atomic E-state index is 7.75. The van der Waals surface area contributed by atoms with Crippen LogP contribution >= 0.6 is 0 Å². The minimum absolute atomic E-state index is 0. The Balaban J connectivity index is -0.0000000630. The van der Waals surface area contributed by atoms with Crippen LogP contribution in [0.15, 0.2) is 0 Å². The van der Waals surface area contributed by atoms with Crippen molar-refractivity contribution >= 4 is 13.6 Å². The number of rotatable bonds is 8. The molecule has 21 heavy (non-hydrogen) atoms. The van der Waals surface area contributed by atoms with E-state index in [0.717, 1.165) is 25.9 Å². The SMILES string of the molecule is CCC[N-]C(C)[N-]C.CCC[N-]C(C)[N-]C.[CH-]=O.[CH-]=O.[Ru+6]. The molecule has 0 rings (SSSR count).